The van der Waals surface area contributed by atoms with E-state index in [2.05, 4.69) is 19.9 Å². The van der Waals surface area contributed by atoms with E-state index in [1.54, 1.807) is 26.0 Å². The smallest absolute Gasteiger partial charge is 0.206 e. The van der Waals surface area contributed by atoms with Crippen LogP contribution in [0.15, 0.2) is 46.2 Å². The largest absolute Gasteiger partial charge is 0.385 e. The van der Waals surface area contributed by atoms with Gasteiger partial charge >= 0.3 is 0 Å². The van der Waals surface area contributed by atoms with Crippen molar-refractivity contribution in [3.8, 4) is 0 Å². The highest BCUT2D eigenvalue weighted by Gasteiger charge is 2.20. The Morgan fingerprint density at radius 3 is 1.59 bits per heavy atom. The molecular formula is C18H18N4O4S. The fourth-order valence-electron chi connectivity index (χ4n) is 2.88. The Kier molecular flexibility index (Phi) is 4.02. The van der Waals surface area contributed by atoms with E-state index in [4.69, 9.17) is 0 Å². The minimum Gasteiger partial charge on any atom is -0.385 e. The summed E-state index contributed by atoms with van der Waals surface area (Å²) >= 11 is 0. The van der Waals surface area contributed by atoms with Crippen LogP contribution in [0.1, 0.15) is 37.7 Å². The zero-order valence-corrected chi connectivity index (χ0v) is 15.4. The van der Waals surface area contributed by atoms with Crippen LogP contribution >= 0.6 is 0 Å². The van der Waals surface area contributed by atoms with Crippen molar-refractivity contribution in [3.63, 3.8) is 0 Å². The van der Waals surface area contributed by atoms with Crippen molar-refractivity contribution in [2.24, 2.45) is 0 Å². The van der Waals surface area contributed by atoms with Crippen molar-refractivity contribution >= 4 is 31.9 Å². The second kappa shape index (κ2) is 6.15. The number of rotatable bonds is 4. The van der Waals surface area contributed by atoms with Crippen molar-refractivity contribution in [1.82, 2.24) is 19.9 Å². The molecule has 0 saturated carbocycles. The van der Waals surface area contributed by atoms with Gasteiger partial charge in [-0.2, -0.15) is 0 Å². The summed E-state index contributed by atoms with van der Waals surface area (Å²) < 4.78 is 26.1. The maximum atomic E-state index is 13.0. The van der Waals surface area contributed by atoms with Crippen LogP contribution in [0.2, 0.25) is 0 Å². The van der Waals surface area contributed by atoms with Gasteiger partial charge in [0.1, 0.15) is 23.9 Å². The molecule has 0 spiro atoms. The van der Waals surface area contributed by atoms with Crippen LogP contribution in [0, 0.1) is 0 Å². The van der Waals surface area contributed by atoms with E-state index >= 15 is 0 Å². The number of sulfone groups is 1. The predicted molar refractivity (Wildman–Crippen MR) is 98.9 cm³/mol. The number of nitrogens with zero attached hydrogens (tertiary/aromatic N) is 2. The standard InChI is InChI=1S/C18H18N4O4S/c1-9(23)17-19-13-5-3-11(7-15(13)21-17)27(25,26)12-4-6-14-16(8-12)22-18(20-14)10(2)24/h3-10,23-24H,1-2H3,(H,19,21)(H,20,22). The van der Waals surface area contributed by atoms with Crippen molar-refractivity contribution < 1.29 is 18.6 Å². The minimum absolute atomic E-state index is 0.116. The maximum Gasteiger partial charge on any atom is 0.206 e. The molecule has 0 aliphatic carbocycles. The molecule has 0 aliphatic heterocycles. The molecule has 4 N–H and O–H groups in total. The first-order valence-electron chi connectivity index (χ1n) is 8.36. The number of aliphatic hydroxyl groups is 2. The van der Waals surface area contributed by atoms with Gasteiger partial charge in [-0.15, -0.1) is 0 Å². The van der Waals surface area contributed by atoms with E-state index < -0.39 is 22.0 Å². The lowest BCUT2D eigenvalue weighted by Gasteiger charge is -2.05. The number of aromatic nitrogens is 4. The van der Waals surface area contributed by atoms with Crippen LogP contribution < -0.4 is 0 Å². The molecule has 2 unspecified atom stereocenters. The van der Waals surface area contributed by atoms with E-state index in [-0.39, 0.29) is 9.79 Å². The fourth-order valence-corrected chi connectivity index (χ4v) is 4.20. The van der Waals surface area contributed by atoms with Crippen molar-refractivity contribution in [2.45, 2.75) is 35.8 Å². The molecule has 0 aliphatic rings. The molecule has 0 fully saturated rings. The van der Waals surface area contributed by atoms with Crippen LogP contribution in [0.3, 0.4) is 0 Å². The molecule has 0 bridgehead atoms. The highest BCUT2D eigenvalue weighted by Crippen LogP contribution is 2.27. The van der Waals surface area contributed by atoms with Crippen LogP contribution in [0.4, 0.5) is 0 Å². The third kappa shape index (κ3) is 2.99. The van der Waals surface area contributed by atoms with E-state index in [1.807, 2.05) is 0 Å². The number of hydrogen-bond donors (Lipinski definition) is 4. The van der Waals surface area contributed by atoms with Crippen molar-refractivity contribution in [2.75, 3.05) is 0 Å². The van der Waals surface area contributed by atoms with Gasteiger partial charge in [-0.25, -0.2) is 18.4 Å². The zero-order chi connectivity index (χ0) is 19.3. The summed E-state index contributed by atoms with van der Waals surface area (Å²) in [5, 5.41) is 19.3. The summed E-state index contributed by atoms with van der Waals surface area (Å²) in [6.45, 7) is 3.16. The molecule has 0 radical (unpaired) electrons. The Bertz CT molecular complexity index is 1160. The van der Waals surface area contributed by atoms with Crippen molar-refractivity contribution in [3.05, 3.63) is 48.0 Å². The lowest BCUT2D eigenvalue weighted by atomic mass is 10.3. The first-order chi connectivity index (χ1) is 12.8. The Labute approximate surface area is 154 Å². The maximum absolute atomic E-state index is 13.0. The first kappa shape index (κ1) is 17.7. The van der Waals surface area contributed by atoms with Gasteiger partial charge < -0.3 is 20.2 Å². The molecule has 9 heteroatoms. The number of fused-ring (bicyclic) bond motifs is 2. The summed E-state index contributed by atoms with van der Waals surface area (Å²) in [5.41, 5.74) is 2.22. The highest BCUT2D eigenvalue weighted by atomic mass is 32.2. The van der Waals surface area contributed by atoms with Crippen LogP contribution in [0.25, 0.3) is 22.1 Å². The summed E-state index contributed by atoms with van der Waals surface area (Å²) in [4.78, 5) is 14.6. The van der Waals surface area contributed by atoms with Gasteiger partial charge in [0.25, 0.3) is 0 Å². The average molecular weight is 386 g/mol. The molecule has 0 amide bonds. The highest BCUT2D eigenvalue weighted by molar-refractivity contribution is 7.91. The quantitative estimate of drug-likeness (QED) is 0.426. The van der Waals surface area contributed by atoms with E-state index in [1.165, 1.54) is 24.3 Å². The van der Waals surface area contributed by atoms with E-state index in [0.717, 1.165) is 0 Å². The molecule has 2 heterocycles. The lowest BCUT2D eigenvalue weighted by molar-refractivity contribution is 0.190. The molecule has 8 nitrogen and oxygen atoms in total. The number of nitrogens with one attached hydrogen (secondary N) is 2. The van der Waals surface area contributed by atoms with Crippen LogP contribution in [-0.2, 0) is 9.84 Å². The minimum atomic E-state index is -3.76. The molecule has 27 heavy (non-hydrogen) atoms. The predicted octanol–water partition coefficient (Wildman–Crippen LogP) is 2.38. The van der Waals surface area contributed by atoms with Gasteiger partial charge in [0.05, 0.1) is 31.9 Å². The Hall–Kier alpha value is -2.75. The number of aromatic amines is 2. The summed E-state index contributed by atoms with van der Waals surface area (Å²) in [6, 6.07) is 9.19. The number of aliphatic hydroxyl groups excluding tert-OH is 2. The number of hydrogen-bond acceptors (Lipinski definition) is 6. The number of benzene rings is 2. The van der Waals surface area contributed by atoms with Gasteiger partial charge in [-0.1, -0.05) is 0 Å². The second-order valence-corrected chi connectivity index (χ2v) is 8.41. The molecule has 2 atom stereocenters. The van der Waals surface area contributed by atoms with Gasteiger partial charge in [0, 0.05) is 0 Å². The third-order valence-corrected chi connectivity index (χ3v) is 6.10. The normalized spacial score (nSPS) is 14.7. The monoisotopic (exact) mass is 386 g/mol. The number of imidazole rings is 2. The Balaban J connectivity index is 1.80. The Morgan fingerprint density at radius 1 is 0.815 bits per heavy atom. The molecule has 2 aromatic heterocycles. The zero-order valence-electron chi connectivity index (χ0n) is 14.6. The van der Waals surface area contributed by atoms with Gasteiger partial charge in [-0.3, -0.25) is 0 Å². The lowest BCUT2D eigenvalue weighted by Crippen LogP contribution is -2.01. The summed E-state index contributed by atoms with van der Waals surface area (Å²) in [6.07, 6.45) is -1.55. The molecule has 4 rings (SSSR count). The summed E-state index contributed by atoms with van der Waals surface area (Å²) in [7, 11) is -3.76. The van der Waals surface area contributed by atoms with Crippen molar-refractivity contribution in [1.29, 1.82) is 0 Å². The molecule has 140 valence electrons. The molecule has 4 aromatic rings. The second-order valence-electron chi connectivity index (χ2n) is 6.46. The Morgan fingerprint density at radius 2 is 1.22 bits per heavy atom. The van der Waals surface area contributed by atoms with E-state index in [0.29, 0.717) is 33.7 Å². The molecule has 2 aromatic carbocycles. The van der Waals surface area contributed by atoms with Crippen LogP contribution in [-0.4, -0.2) is 38.6 Å². The van der Waals surface area contributed by atoms with Gasteiger partial charge in [0.2, 0.25) is 9.84 Å². The first-order valence-corrected chi connectivity index (χ1v) is 9.84. The topological polar surface area (TPSA) is 132 Å². The molecule has 0 saturated heterocycles. The summed E-state index contributed by atoms with van der Waals surface area (Å²) in [5.74, 6) is 0.758. The number of H-pyrrole nitrogens is 2. The third-order valence-electron chi connectivity index (χ3n) is 4.36. The SMILES string of the molecule is CC(O)c1nc2ccc(S(=O)(=O)c3ccc4nc(C(C)O)[nH]c4c3)cc2[nH]1. The van der Waals surface area contributed by atoms with E-state index in [9.17, 15) is 18.6 Å². The average Bonchev–Trinajstić information content (AvgIpc) is 3.24. The van der Waals surface area contributed by atoms with Crippen LogP contribution in [0.5, 0.6) is 0 Å². The fraction of sp³-hybridized carbons (Fsp3) is 0.222. The molecular weight excluding hydrogens is 368 g/mol. The van der Waals surface area contributed by atoms with Gasteiger partial charge in [0.15, 0.2) is 0 Å². The van der Waals surface area contributed by atoms with Gasteiger partial charge in [-0.05, 0) is 50.2 Å².